The first-order chi connectivity index (χ1) is 13.4. The third-order valence-electron chi connectivity index (χ3n) is 5.36. The first-order valence-corrected chi connectivity index (χ1v) is 10.5. The second-order valence-electron chi connectivity index (χ2n) is 7.27. The van der Waals surface area contributed by atoms with Crippen molar-refractivity contribution in [1.29, 1.82) is 0 Å². The maximum absolute atomic E-state index is 5.42. The van der Waals surface area contributed by atoms with E-state index in [1.165, 1.54) is 31.5 Å². The van der Waals surface area contributed by atoms with Crippen LogP contribution in [0.25, 0.3) is 0 Å². The van der Waals surface area contributed by atoms with Gasteiger partial charge in [0.15, 0.2) is 5.96 Å². The van der Waals surface area contributed by atoms with Gasteiger partial charge >= 0.3 is 0 Å². The molecule has 2 aliphatic heterocycles. The number of nitrogens with zero attached hydrogens (tertiary/aromatic N) is 3. The molecule has 3 rings (SSSR count). The highest BCUT2D eigenvalue weighted by Gasteiger charge is 2.23. The van der Waals surface area contributed by atoms with Crippen LogP contribution in [0.5, 0.6) is 0 Å². The van der Waals surface area contributed by atoms with E-state index in [4.69, 9.17) is 9.73 Å². The summed E-state index contributed by atoms with van der Waals surface area (Å²) in [5.41, 5.74) is 1.37. The van der Waals surface area contributed by atoms with Crippen LogP contribution in [0.3, 0.4) is 0 Å². The number of ether oxygens (including phenoxy) is 1. The Bertz CT molecular complexity index is 559. The zero-order valence-corrected chi connectivity index (χ0v) is 19.4. The molecule has 2 saturated heterocycles. The Balaban J connectivity index is 0.00000280. The van der Waals surface area contributed by atoms with Crippen molar-refractivity contribution >= 4 is 29.9 Å². The minimum absolute atomic E-state index is 0. The van der Waals surface area contributed by atoms with Crippen LogP contribution in [0.2, 0.25) is 0 Å². The third kappa shape index (κ3) is 7.50. The van der Waals surface area contributed by atoms with Crippen LogP contribution < -0.4 is 10.6 Å². The number of hydrogen-bond donors (Lipinski definition) is 2. The molecule has 2 aliphatic rings. The molecule has 1 unspecified atom stereocenters. The molecule has 0 aromatic heterocycles. The molecular weight excluding hydrogens is 465 g/mol. The summed E-state index contributed by atoms with van der Waals surface area (Å²) in [6.07, 6.45) is 2.59. The summed E-state index contributed by atoms with van der Waals surface area (Å²) in [7, 11) is 0. The zero-order chi connectivity index (χ0) is 18.7. The summed E-state index contributed by atoms with van der Waals surface area (Å²) in [4.78, 5) is 9.95. The van der Waals surface area contributed by atoms with E-state index in [-0.39, 0.29) is 24.0 Å². The van der Waals surface area contributed by atoms with Crippen molar-refractivity contribution < 1.29 is 4.74 Å². The third-order valence-corrected chi connectivity index (χ3v) is 5.36. The fourth-order valence-electron chi connectivity index (χ4n) is 3.84. The van der Waals surface area contributed by atoms with Crippen molar-refractivity contribution in [2.24, 2.45) is 4.99 Å². The van der Waals surface area contributed by atoms with Crippen molar-refractivity contribution in [2.75, 3.05) is 65.6 Å². The summed E-state index contributed by atoms with van der Waals surface area (Å²) in [5.74, 6) is 0.922. The Hall–Kier alpha value is -0.900. The second-order valence-corrected chi connectivity index (χ2v) is 7.27. The number of hydrogen-bond acceptors (Lipinski definition) is 4. The Morgan fingerprint density at radius 3 is 2.46 bits per heavy atom. The molecule has 0 spiro atoms. The largest absolute Gasteiger partial charge is 0.379 e. The van der Waals surface area contributed by atoms with Gasteiger partial charge in [0.25, 0.3) is 0 Å². The highest BCUT2D eigenvalue weighted by molar-refractivity contribution is 14.0. The van der Waals surface area contributed by atoms with E-state index >= 15 is 0 Å². The fraction of sp³-hybridized carbons (Fsp3) is 0.667. The Morgan fingerprint density at radius 1 is 1.07 bits per heavy atom. The first kappa shape index (κ1) is 23.4. The molecule has 1 aromatic rings. The lowest BCUT2D eigenvalue weighted by atomic mass is 10.1. The van der Waals surface area contributed by atoms with Gasteiger partial charge in [0.2, 0.25) is 0 Å². The summed E-state index contributed by atoms with van der Waals surface area (Å²) in [5, 5.41) is 6.90. The number of guanidine groups is 1. The van der Waals surface area contributed by atoms with Gasteiger partial charge in [0, 0.05) is 32.7 Å². The van der Waals surface area contributed by atoms with Gasteiger partial charge in [-0.2, -0.15) is 0 Å². The summed E-state index contributed by atoms with van der Waals surface area (Å²) in [6, 6.07) is 11.2. The van der Waals surface area contributed by atoms with Crippen molar-refractivity contribution in [3.05, 3.63) is 35.9 Å². The van der Waals surface area contributed by atoms with Gasteiger partial charge in [-0.3, -0.25) is 14.8 Å². The summed E-state index contributed by atoms with van der Waals surface area (Å²) in [6.45, 7) is 11.8. The molecule has 6 nitrogen and oxygen atoms in total. The summed E-state index contributed by atoms with van der Waals surface area (Å²) < 4.78 is 5.42. The highest BCUT2D eigenvalue weighted by Crippen LogP contribution is 2.25. The minimum atomic E-state index is 0. The molecule has 158 valence electrons. The van der Waals surface area contributed by atoms with Gasteiger partial charge in [0.1, 0.15) is 0 Å². The molecule has 0 radical (unpaired) electrons. The molecule has 2 N–H and O–H groups in total. The topological polar surface area (TPSA) is 52.1 Å². The van der Waals surface area contributed by atoms with Gasteiger partial charge in [-0.1, -0.05) is 30.3 Å². The monoisotopic (exact) mass is 501 g/mol. The van der Waals surface area contributed by atoms with Crippen LogP contribution in [-0.2, 0) is 4.74 Å². The average molecular weight is 501 g/mol. The Morgan fingerprint density at radius 2 is 1.79 bits per heavy atom. The normalized spacial score (nSPS) is 19.8. The van der Waals surface area contributed by atoms with Gasteiger partial charge in [0.05, 0.1) is 25.8 Å². The highest BCUT2D eigenvalue weighted by atomic mass is 127. The quantitative estimate of drug-likeness (QED) is 0.326. The van der Waals surface area contributed by atoms with Crippen LogP contribution >= 0.6 is 24.0 Å². The van der Waals surface area contributed by atoms with E-state index in [9.17, 15) is 0 Å². The molecule has 0 saturated carbocycles. The van der Waals surface area contributed by atoms with Crippen LogP contribution in [0.15, 0.2) is 35.3 Å². The van der Waals surface area contributed by atoms with Crippen LogP contribution in [-0.4, -0.2) is 81.3 Å². The van der Waals surface area contributed by atoms with Gasteiger partial charge in [-0.05, 0) is 38.4 Å². The molecule has 1 atom stereocenters. The number of morpholine rings is 1. The molecular formula is C21H36IN5O. The minimum Gasteiger partial charge on any atom is -0.379 e. The molecule has 0 aliphatic carbocycles. The van der Waals surface area contributed by atoms with E-state index < -0.39 is 0 Å². The summed E-state index contributed by atoms with van der Waals surface area (Å²) >= 11 is 0. The smallest absolute Gasteiger partial charge is 0.191 e. The lowest BCUT2D eigenvalue weighted by Crippen LogP contribution is -2.44. The number of aliphatic imine (C=N–C) groups is 1. The Labute approximate surface area is 187 Å². The van der Waals surface area contributed by atoms with E-state index in [0.29, 0.717) is 6.04 Å². The number of benzene rings is 1. The van der Waals surface area contributed by atoms with E-state index in [1.54, 1.807) is 0 Å². The molecule has 2 heterocycles. The predicted molar refractivity (Wildman–Crippen MR) is 127 cm³/mol. The predicted octanol–water partition coefficient (Wildman–Crippen LogP) is 2.33. The first-order valence-electron chi connectivity index (χ1n) is 10.5. The maximum atomic E-state index is 5.42. The molecule has 2 fully saturated rings. The van der Waals surface area contributed by atoms with Crippen molar-refractivity contribution in [3.8, 4) is 0 Å². The zero-order valence-electron chi connectivity index (χ0n) is 17.1. The lowest BCUT2D eigenvalue weighted by Gasteiger charge is -2.28. The van der Waals surface area contributed by atoms with Crippen LogP contribution in [0.4, 0.5) is 0 Å². The second kappa shape index (κ2) is 13.3. The van der Waals surface area contributed by atoms with Crippen molar-refractivity contribution in [2.45, 2.75) is 25.8 Å². The fourth-order valence-corrected chi connectivity index (χ4v) is 3.84. The molecule has 1 aromatic carbocycles. The van der Waals surface area contributed by atoms with Gasteiger partial charge < -0.3 is 15.4 Å². The average Bonchev–Trinajstić information content (AvgIpc) is 3.24. The van der Waals surface area contributed by atoms with E-state index in [2.05, 4.69) is 57.7 Å². The van der Waals surface area contributed by atoms with Crippen molar-refractivity contribution in [3.63, 3.8) is 0 Å². The Kier molecular flexibility index (Phi) is 11.1. The molecule has 7 heteroatoms. The maximum Gasteiger partial charge on any atom is 0.191 e. The standard InChI is InChI=1S/C21H35N5O.HI/c1-2-22-21(23-10-13-25-14-16-27-17-15-25)24-18-20(26-11-6-7-12-26)19-8-4-3-5-9-19;/h3-5,8-9,20H,2,6-7,10-18H2,1H3,(H2,22,23,24);1H. The van der Waals surface area contributed by atoms with Gasteiger partial charge in [-0.25, -0.2) is 0 Å². The number of likely N-dealkylation sites (tertiary alicyclic amines) is 1. The van der Waals surface area contributed by atoms with Crippen molar-refractivity contribution in [1.82, 2.24) is 20.4 Å². The van der Waals surface area contributed by atoms with Crippen LogP contribution in [0, 0.1) is 0 Å². The number of rotatable bonds is 8. The number of halogens is 1. The SMILES string of the molecule is CCNC(=NCC(c1ccccc1)N1CCCC1)NCCN1CCOCC1.I. The van der Waals surface area contributed by atoms with E-state index in [1.807, 2.05) is 0 Å². The molecule has 0 amide bonds. The van der Waals surface area contributed by atoms with E-state index in [0.717, 1.165) is 58.4 Å². The molecule has 28 heavy (non-hydrogen) atoms. The molecule has 0 bridgehead atoms. The van der Waals surface area contributed by atoms with Gasteiger partial charge in [-0.15, -0.1) is 24.0 Å². The van der Waals surface area contributed by atoms with Crippen LogP contribution in [0.1, 0.15) is 31.4 Å². The number of nitrogens with one attached hydrogen (secondary N) is 2. The lowest BCUT2D eigenvalue weighted by molar-refractivity contribution is 0.0389.